The topological polar surface area (TPSA) is 74.6 Å². The molecule has 0 saturated heterocycles. The molecule has 0 heterocycles. The Bertz CT molecular complexity index is 399. The standard InChI is InChI=1S/C12H13FO4/c13-10-4-1-8(2-5-10)7-9(12(16)17)3-6-11(14)15/h1-2,4-5,9H,3,6-7H2,(H,14,15)(H,16,17). The van der Waals surface area contributed by atoms with Gasteiger partial charge in [0.25, 0.3) is 0 Å². The normalized spacial score (nSPS) is 12.1. The minimum absolute atomic E-state index is 0.0715. The average Bonchev–Trinajstić information content (AvgIpc) is 2.26. The second kappa shape index (κ2) is 5.98. The summed E-state index contributed by atoms with van der Waals surface area (Å²) in [5.74, 6) is -3.19. The van der Waals surface area contributed by atoms with Crippen LogP contribution in [-0.4, -0.2) is 22.2 Å². The summed E-state index contributed by atoms with van der Waals surface area (Å²) in [6.45, 7) is 0. The predicted molar refractivity (Wildman–Crippen MR) is 58.1 cm³/mol. The molecule has 5 heteroatoms. The molecule has 0 aromatic heterocycles. The number of rotatable bonds is 6. The van der Waals surface area contributed by atoms with Crippen molar-refractivity contribution in [3.05, 3.63) is 35.6 Å². The summed E-state index contributed by atoms with van der Waals surface area (Å²) in [5, 5.41) is 17.4. The highest BCUT2D eigenvalue weighted by Crippen LogP contribution is 2.15. The van der Waals surface area contributed by atoms with Crippen LogP contribution >= 0.6 is 0 Å². The second-order valence-corrected chi connectivity index (χ2v) is 3.80. The fourth-order valence-corrected chi connectivity index (χ4v) is 1.52. The Labute approximate surface area is 97.7 Å². The van der Waals surface area contributed by atoms with E-state index in [1.807, 2.05) is 0 Å². The first-order valence-electron chi connectivity index (χ1n) is 5.18. The van der Waals surface area contributed by atoms with Gasteiger partial charge in [0.15, 0.2) is 0 Å². The molecule has 1 aromatic rings. The molecule has 0 saturated carbocycles. The van der Waals surface area contributed by atoms with Crippen molar-refractivity contribution in [2.75, 3.05) is 0 Å². The van der Waals surface area contributed by atoms with Crippen molar-refractivity contribution in [1.29, 1.82) is 0 Å². The van der Waals surface area contributed by atoms with E-state index in [9.17, 15) is 14.0 Å². The van der Waals surface area contributed by atoms with E-state index in [0.717, 1.165) is 0 Å². The first-order valence-corrected chi connectivity index (χ1v) is 5.18. The van der Waals surface area contributed by atoms with E-state index in [-0.39, 0.29) is 25.1 Å². The van der Waals surface area contributed by atoms with Gasteiger partial charge in [0.05, 0.1) is 5.92 Å². The van der Waals surface area contributed by atoms with Crippen LogP contribution in [0.4, 0.5) is 4.39 Å². The van der Waals surface area contributed by atoms with Gasteiger partial charge < -0.3 is 10.2 Å². The number of carbonyl (C=O) groups is 2. The number of halogens is 1. The Balaban J connectivity index is 2.63. The largest absolute Gasteiger partial charge is 0.481 e. The molecule has 1 rings (SSSR count). The second-order valence-electron chi connectivity index (χ2n) is 3.80. The van der Waals surface area contributed by atoms with Gasteiger partial charge >= 0.3 is 11.9 Å². The van der Waals surface area contributed by atoms with E-state index in [2.05, 4.69) is 0 Å². The molecule has 0 bridgehead atoms. The Morgan fingerprint density at radius 2 is 1.76 bits per heavy atom. The summed E-state index contributed by atoms with van der Waals surface area (Å²) in [5.41, 5.74) is 0.684. The molecule has 0 spiro atoms. The molecule has 0 fully saturated rings. The average molecular weight is 240 g/mol. The summed E-state index contributed by atoms with van der Waals surface area (Å²) >= 11 is 0. The predicted octanol–water partition coefficient (Wildman–Crippen LogP) is 1.93. The minimum atomic E-state index is -1.03. The molecule has 1 aromatic carbocycles. The number of aliphatic carboxylic acids is 2. The van der Waals surface area contributed by atoms with Crippen LogP contribution in [0.5, 0.6) is 0 Å². The highest BCUT2D eigenvalue weighted by molar-refractivity contribution is 5.72. The van der Waals surface area contributed by atoms with Crippen molar-refractivity contribution in [3.63, 3.8) is 0 Å². The monoisotopic (exact) mass is 240 g/mol. The van der Waals surface area contributed by atoms with Gasteiger partial charge in [0.1, 0.15) is 5.82 Å². The Kier molecular flexibility index (Phi) is 4.63. The van der Waals surface area contributed by atoms with Gasteiger partial charge in [-0.3, -0.25) is 9.59 Å². The molecule has 0 aliphatic rings. The number of benzene rings is 1. The van der Waals surface area contributed by atoms with E-state index in [0.29, 0.717) is 5.56 Å². The molecular weight excluding hydrogens is 227 g/mol. The van der Waals surface area contributed by atoms with Crippen molar-refractivity contribution in [1.82, 2.24) is 0 Å². The lowest BCUT2D eigenvalue weighted by molar-refractivity contribution is -0.142. The lowest BCUT2D eigenvalue weighted by Crippen LogP contribution is -2.17. The van der Waals surface area contributed by atoms with Crippen LogP contribution in [0.1, 0.15) is 18.4 Å². The first kappa shape index (κ1) is 13.2. The van der Waals surface area contributed by atoms with Crippen molar-refractivity contribution < 1.29 is 24.2 Å². The Hall–Kier alpha value is -1.91. The van der Waals surface area contributed by atoms with Gasteiger partial charge in [0, 0.05) is 6.42 Å². The minimum Gasteiger partial charge on any atom is -0.481 e. The maximum Gasteiger partial charge on any atom is 0.306 e. The van der Waals surface area contributed by atoms with E-state index in [1.54, 1.807) is 0 Å². The molecule has 1 unspecified atom stereocenters. The zero-order chi connectivity index (χ0) is 12.8. The van der Waals surface area contributed by atoms with Crippen LogP contribution in [0, 0.1) is 11.7 Å². The van der Waals surface area contributed by atoms with Crippen LogP contribution in [-0.2, 0) is 16.0 Å². The van der Waals surface area contributed by atoms with Gasteiger partial charge in [-0.05, 0) is 30.5 Å². The maximum absolute atomic E-state index is 12.6. The molecule has 0 aliphatic carbocycles. The van der Waals surface area contributed by atoms with Gasteiger partial charge in [-0.25, -0.2) is 4.39 Å². The third-order valence-electron chi connectivity index (χ3n) is 2.45. The Morgan fingerprint density at radius 3 is 2.24 bits per heavy atom. The fraction of sp³-hybridized carbons (Fsp3) is 0.333. The molecule has 17 heavy (non-hydrogen) atoms. The van der Waals surface area contributed by atoms with E-state index >= 15 is 0 Å². The third-order valence-corrected chi connectivity index (χ3v) is 2.45. The lowest BCUT2D eigenvalue weighted by atomic mass is 9.95. The van der Waals surface area contributed by atoms with Crippen LogP contribution in [0.15, 0.2) is 24.3 Å². The van der Waals surface area contributed by atoms with Gasteiger partial charge in [-0.15, -0.1) is 0 Å². The number of carboxylic acid groups (broad SMARTS) is 2. The highest BCUT2D eigenvalue weighted by Gasteiger charge is 2.19. The molecule has 92 valence electrons. The van der Waals surface area contributed by atoms with E-state index in [4.69, 9.17) is 10.2 Å². The van der Waals surface area contributed by atoms with Crippen LogP contribution < -0.4 is 0 Å². The fourth-order valence-electron chi connectivity index (χ4n) is 1.52. The van der Waals surface area contributed by atoms with Crippen molar-refractivity contribution in [3.8, 4) is 0 Å². The number of carboxylic acids is 2. The van der Waals surface area contributed by atoms with Crippen LogP contribution in [0.3, 0.4) is 0 Å². The first-order chi connectivity index (χ1) is 7.99. The zero-order valence-electron chi connectivity index (χ0n) is 9.10. The maximum atomic E-state index is 12.6. The third kappa shape index (κ3) is 4.63. The van der Waals surface area contributed by atoms with Gasteiger partial charge in [-0.2, -0.15) is 0 Å². The summed E-state index contributed by atoms with van der Waals surface area (Å²) in [6, 6.07) is 5.52. The lowest BCUT2D eigenvalue weighted by Gasteiger charge is -2.10. The molecule has 0 radical (unpaired) electrons. The molecular formula is C12H13FO4. The summed E-state index contributed by atoms with van der Waals surface area (Å²) in [6.07, 6.45) is 0.100. The van der Waals surface area contributed by atoms with Gasteiger partial charge in [0.2, 0.25) is 0 Å². The molecule has 4 nitrogen and oxygen atoms in total. The smallest absolute Gasteiger partial charge is 0.306 e. The van der Waals surface area contributed by atoms with Crippen LogP contribution in [0.2, 0.25) is 0 Å². The molecule has 0 amide bonds. The quantitative estimate of drug-likeness (QED) is 0.796. The molecule has 2 N–H and O–H groups in total. The molecule has 0 aliphatic heterocycles. The summed E-state index contributed by atoms with van der Waals surface area (Å²) in [7, 11) is 0. The number of hydrogen-bond acceptors (Lipinski definition) is 2. The van der Waals surface area contributed by atoms with E-state index in [1.165, 1.54) is 24.3 Å². The Morgan fingerprint density at radius 1 is 1.18 bits per heavy atom. The molecule has 1 atom stereocenters. The highest BCUT2D eigenvalue weighted by atomic mass is 19.1. The zero-order valence-corrected chi connectivity index (χ0v) is 9.10. The van der Waals surface area contributed by atoms with Crippen molar-refractivity contribution in [2.24, 2.45) is 5.92 Å². The SMILES string of the molecule is O=C(O)CCC(Cc1ccc(F)cc1)C(=O)O. The summed E-state index contributed by atoms with van der Waals surface area (Å²) in [4.78, 5) is 21.3. The van der Waals surface area contributed by atoms with Crippen molar-refractivity contribution in [2.45, 2.75) is 19.3 Å². The van der Waals surface area contributed by atoms with E-state index < -0.39 is 17.9 Å². The van der Waals surface area contributed by atoms with Crippen molar-refractivity contribution >= 4 is 11.9 Å². The number of hydrogen-bond donors (Lipinski definition) is 2. The van der Waals surface area contributed by atoms with Gasteiger partial charge in [-0.1, -0.05) is 12.1 Å². The van der Waals surface area contributed by atoms with Crippen LogP contribution in [0.25, 0.3) is 0 Å². The summed E-state index contributed by atoms with van der Waals surface area (Å²) < 4.78 is 12.6.